The molecule has 3 heterocycles. The highest BCUT2D eigenvalue weighted by Gasteiger charge is 2.54. The molecule has 0 spiro atoms. The first-order valence-electron chi connectivity index (χ1n) is 10.2. The molecule has 5 heteroatoms. The van der Waals surface area contributed by atoms with E-state index in [2.05, 4.69) is 12.1 Å². The van der Waals surface area contributed by atoms with E-state index >= 15 is 0 Å². The number of carbonyl (C=O) groups is 2. The molecule has 2 aromatic carbocycles. The minimum Gasteiger partial charge on any atom is -0.496 e. The van der Waals surface area contributed by atoms with Crippen molar-refractivity contribution in [3.05, 3.63) is 77.6 Å². The van der Waals surface area contributed by atoms with Crippen LogP contribution in [-0.4, -0.2) is 42.5 Å². The second-order valence-electron chi connectivity index (χ2n) is 8.49. The fourth-order valence-electron chi connectivity index (χ4n) is 5.86. The molecule has 6 rings (SSSR count). The van der Waals surface area contributed by atoms with Crippen molar-refractivity contribution in [3.8, 4) is 0 Å². The first kappa shape index (κ1) is 16.8. The summed E-state index contributed by atoms with van der Waals surface area (Å²) in [7, 11) is 1.92. The third-order valence-corrected chi connectivity index (χ3v) is 7.14. The van der Waals surface area contributed by atoms with Gasteiger partial charge in [0.1, 0.15) is 6.10 Å². The summed E-state index contributed by atoms with van der Waals surface area (Å²) in [5.41, 5.74) is 4.24. The number of benzene rings is 2. The van der Waals surface area contributed by atoms with Gasteiger partial charge < -0.3 is 14.5 Å². The van der Waals surface area contributed by atoms with Gasteiger partial charge in [0.25, 0.3) is 5.91 Å². The molecule has 1 saturated heterocycles. The maximum absolute atomic E-state index is 13.2. The Kier molecular flexibility index (Phi) is 3.46. The molecule has 5 atom stereocenters. The zero-order valence-corrected chi connectivity index (χ0v) is 16.2. The van der Waals surface area contributed by atoms with Gasteiger partial charge in [-0.1, -0.05) is 30.3 Å². The quantitative estimate of drug-likeness (QED) is 0.756. The van der Waals surface area contributed by atoms with Gasteiger partial charge in [-0.05, 0) is 41.8 Å². The highest BCUT2D eigenvalue weighted by molar-refractivity contribution is 6.07. The first-order chi connectivity index (χ1) is 14.1. The SMILES string of the molecule is CN1C(=O)[C@H]2C=CO[C@H]2[C@@H]2c3cccc4c3[C@H](C[C@H]21)CN4C(=O)c1ccccc1. The van der Waals surface area contributed by atoms with Gasteiger partial charge >= 0.3 is 0 Å². The van der Waals surface area contributed by atoms with Crippen LogP contribution in [-0.2, 0) is 9.53 Å². The Morgan fingerprint density at radius 2 is 1.93 bits per heavy atom. The Morgan fingerprint density at radius 3 is 2.76 bits per heavy atom. The largest absolute Gasteiger partial charge is 0.496 e. The third-order valence-electron chi connectivity index (χ3n) is 7.14. The summed E-state index contributed by atoms with van der Waals surface area (Å²) < 4.78 is 5.93. The number of likely N-dealkylation sites (tertiary alicyclic amines) is 1. The number of fused-ring (bicyclic) bond motifs is 4. The number of hydrogen-bond donors (Lipinski definition) is 0. The number of ether oxygens (including phenoxy) is 1. The molecule has 4 aliphatic rings. The second-order valence-corrected chi connectivity index (χ2v) is 8.49. The molecule has 0 unspecified atom stereocenters. The molecule has 2 amide bonds. The predicted molar refractivity (Wildman–Crippen MR) is 109 cm³/mol. The van der Waals surface area contributed by atoms with E-state index in [0.717, 1.165) is 12.1 Å². The lowest BCUT2D eigenvalue weighted by Crippen LogP contribution is -2.57. The van der Waals surface area contributed by atoms with Crippen LogP contribution in [0.15, 0.2) is 60.9 Å². The lowest BCUT2D eigenvalue weighted by atomic mass is 9.67. The molecule has 0 N–H and O–H groups in total. The van der Waals surface area contributed by atoms with Crippen molar-refractivity contribution in [3.63, 3.8) is 0 Å². The molecular formula is C24H22N2O3. The molecule has 0 radical (unpaired) electrons. The predicted octanol–water partition coefficient (Wildman–Crippen LogP) is 3.29. The normalized spacial score (nSPS) is 31.2. The van der Waals surface area contributed by atoms with Crippen molar-refractivity contribution >= 4 is 17.5 Å². The van der Waals surface area contributed by atoms with Crippen LogP contribution >= 0.6 is 0 Å². The topological polar surface area (TPSA) is 49.9 Å². The van der Waals surface area contributed by atoms with E-state index in [0.29, 0.717) is 12.1 Å². The van der Waals surface area contributed by atoms with Crippen LogP contribution < -0.4 is 4.90 Å². The number of anilines is 1. The zero-order chi connectivity index (χ0) is 19.7. The summed E-state index contributed by atoms with van der Waals surface area (Å²) >= 11 is 0. The Hall–Kier alpha value is -3.08. The van der Waals surface area contributed by atoms with E-state index < -0.39 is 0 Å². The number of nitrogens with zero attached hydrogens (tertiary/aromatic N) is 2. The third kappa shape index (κ3) is 2.21. The molecule has 29 heavy (non-hydrogen) atoms. The van der Waals surface area contributed by atoms with Crippen LogP contribution in [0.5, 0.6) is 0 Å². The Bertz CT molecular complexity index is 1050. The van der Waals surface area contributed by atoms with Gasteiger partial charge in [-0.15, -0.1) is 0 Å². The Morgan fingerprint density at radius 1 is 1.10 bits per heavy atom. The van der Waals surface area contributed by atoms with Crippen LogP contribution in [0.1, 0.15) is 39.7 Å². The summed E-state index contributed by atoms with van der Waals surface area (Å²) in [4.78, 5) is 30.0. The van der Waals surface area contributed by atoms with Crippen LogP contribution in [0.4, 0.5) is 5.69 Å². The highest BCUT2D eigenvalue weighted by atomic mass is 16.5. The number of piperidine rings is 1. The van der Waals surface area contributed by atoms with Gasteiger partial charge in [0.15, 0.2) is 0 Å². The van der Waals surface area contributed by atoms with Gasteiger partial charge in [-0.3, -0.25) is 9.59 Å². The molecule has 5 nitrogen and oxygen atoms in total. The monoisotopic (exact) mass is 386 g/mol. The van der Waals surface area contributed by atoms with Crippen molar-refractivity contribution < 1.29 is 14.3 Å². The Labute approximate surface area is 169 Å². The fraction of sp³-hybridized carbons (Fsp3) is 0.333. The molecule has 3 aliphatic heterocycles. The van der Waals surface area contributed by atoms with Gasteiger partial charge in [0.2, 0.25) is 5.91 Å². The van der Waals surface area contributed by atoms with Crippen LogP contribution in [0.25, 0.3) is 0 Å². The lowest BCUT2D eigenvalue weighted by Gasteiger charge is -2.48. The van der Waals surface area contributed by atoms with E-state index in [1.54, 1.807) is 6.26 Å². The van der Waals surface area contributed by atoms with Gasteiger partial charge in [-0.2, -0.15) is 0 Å². The fourth-order valence-corrected chi connectivity index (χ4v) is 5.86. The molecule has 0 bridgehead atoms. The van der Waals surface area contributed by atoms with Crippen LogP contribution in [0.3, 0.4) is 0 Å². The smallest absolute Gasteiger partial charge is 0.258 e. The van der Waals surface area contributed by atoms with Gasteiger partial charge in [-0.25, -0.2) is 0 Å². The van der Waals surface area contributed by atoms with Crippen molar-refractivity contribution in [2.24, 2.45) is 5.92 Å². The molecule has 1 aliphatic carbocycles. The van der Waals surface area contributed by atoms with Crippen LogP contribution in [0.2, 0.25) is 0 Å². The maximum Gasteiger partial charge on any atom is 0.258 e. The van der Waals surface area contributed by atoms with E-state index in [1.807, 2.05) is 59.3 Å². The minimum atomic E-state index is -0.211. The number of likely N-dealkylation sites (N-methyl/N-ethyl adjacent to an activating group) is 1. The van der Waals surface area contributed by atoms with Crippen molar-refractivity contribution in [2.75, 3.05) is 18.5 Å². The standard InChI is InChI=1S/C24H22N2O3/c1-25-19-12-15-13-26(23(27)14-6-3-2-4-7-14)18-9-5-8-16(20(15)18)21(19)22-17(24(25)28)10-11-29-22/h2-11,15,17,19,21-22H,12-13H2,1H3/t15-,17+,19-,21-,22-/m1/s1. The zero-order valence-electron chi connectivity index (χ0n) is 16.2. The number of carbonyl (C=O) groups excluding carboxylic acids is 2. The average Bonchev–Trinajstić information content (AvgIpc) is 3.38. The molecule has 2 aromatic rings. The summed E-state index contributed by atoms with van der Waals surface area (Å²) in [6.07, 6.45) is 4.29. The minimum absolute atomic E-state index is 0.0393. The van der Waals surface area contributed by atoms with Crippen LogP contribution in [0, 0.1) is 5.92 Å². The summed E-state index contributed by atoms with van der Waals surface area (Å²) in [6.45, 7) is 0.665. The number of amides is 2. The van der Waals surface area contributed by atoms with Gasteiger partial charge in [0, 0.05) is 42.7 Å². The van der Waals surface area contributed by atoms with Crippen molar-refractivity contribution in [1.29, 1.82) is 0 Å². The molecule has 0 saturated carbocycles. The van der Waals surface area contributed by atoms with Crippen molar-refractivity contribution in [1.82, 2.24) is 4.90 Å². The molecule has 1 fully saturated rings. The highest BCUT2D eigenvalue weighted by Crippen LogP contribution is 2.54. The van der Waals surface area contributed by atoms with E-state index in [1.165, 1.54) is 11.1 Å². The first-order valence-corrected chi connectivity index (χ1v) is 10.2. The summed E-state index contributed by atoms with van der Waals surface area (Å²) in [6, 6.07) is 15.8. The molecule has 0 aromatic heterocycles. The maximum atomic E-state index is 13.2. The van der Waals surface area contributed by atoms with E-state index in [9.17, 15) is 9.59 Å². The lowest BCUT2D eigenvalue weighted by molar-refractivity contribution is -0.145. The second kappa shape index (κ2) is 5.96. The summed E-state index contributed by atoms with van der Waals surface area (Å²) in [5, 5.41) is 0. The van der Waals surface area contributed by atoms with Gasteiger partial charge in [0.05, 0.1) is 12.2 Å². The summed E-state index contributed by atoms with van der Waals surface area (Å²) in [5.74, 6) is 0.348. The Balaban J connectivity index is 1.44. The molecule has 146 valence electrons. The molecular weight excluding hydrogens is 364 g/mol. The average molecular weight is 386 g/mol. The number of rotatable bonds is 1. The van der Waals surface area contributed by atoms with Crippen molar-refractivity contribution in [2.45, 2.75) is 30.4 Å². The van der Waals surface area contributed by atoms with E-state index in [4.69, 9.17) is 4.74 Å². The van der Waals surface area contributed by atoms with E-state index in [-0.39, 0.29) is 41.7 Å². The number of hydrogen-bond acceptors (Lipinski definition) is 3.